The molecule has 0 fully saturated rings. The van der Waals surface area contributed by atoms with Crippen molar-refractivity contribution in [3.05, 3.63) is 35.9 Å². The minimum absolute atomic E-state index is 0.0151. The van der Waals surface area contributed by atoms with E-state index < -0.39 is 6.04 Å². The number of nitrogens with zero attached hydrogens (tertiary/aromatic N) is 1. The van der Waals surface area contributed by atoms with Gasteiger partial charge >= 0.3 is 0 Å². The van der Waals surface area contributed by atoms with Crippen LogP contribution in [0.2, 0.25) is 0 Å². The number of nitrogens with one attached hydrogen (secondary N) is 1. The molecule has 1 unspecified atom stereocenters. The van der Waals surface area contributed by atoms with Crippen LogP contribution in [0.15, 0.2) is 30.3 Å². The number of hydrazine groups is 1. The van der Waals surface area contributed by atoms with E-state index >= 15 is 0 Å². The Balaban J connectivity index is 2.99. The van der Waals surface area contributed by atoms with E-state index in [-0.39, 0.29) is 12.5 Å². The van der Waals surface area contributed by atoms with Gasteiger partial charge in [-0.15, -0.1) is 0 Å². The van der Waals surface area contributed by atoms with Gasteiger partial charge in [-0.3, -0.25) is 15.1 Å². The molecule has 100 valence electrons. The lowest BCUT2D eigenvalue weighted by atomic mass is 10.0. The van der Waals surface area contributed by atoms with Crippen LogP contribution >= 0.6 is 0 Å². The Hall–Kier alpha value is -1.43. The van der Waals surface area contributed by atoms with Gasteiger partial charge in [-0.1, -0.05) is 37.3 Å². The lowest BCUT2D eigenvalue weighted by molar-refractivity contribution is -0.127. The molecule has 0 heterocycles. The molecule has 0 aliphatic rings. The molecule has 0 radical (unpaired) electrons. The lowest BCUT2D eigenvalue weighted by Crippen LogP contribution is -2.44. The Labute approximate surface area is 108 Å². The monoisotopic (exact) mass is 251 g/mol. The molecular weight excluding hydrogens is 230 g/mol. The minimum atomic E-state index is -0.455. The molecule has 0 spiro atoms. The van der Waals surface area contributed by atoms with E-state index in [2.05, 4.69) is 5.43 Å². The molecule has 1 amide bonds. The zero-order valence-corrected chi connectivity index (χ0v) is 10.7. The summed E-state index contributed by atoms with van der Waals surface area (Å²) in [4.78, 5) is 13.9. The number of rotatable bonds is 7. The molecule has 0 saturated carbocycles. The van der Waals surface area contributed by atoms with Crippen LogP contribution in [0.5, 0.6) is 0 Å². The van der Waals surface area contributed by atoms with Crippen molar-refractivity contribution in [2.24, 2.45) is 5.84 Å². The number of amides is 1. The summed E-state index contributed by atoms with van der Waals surface area (Å²) in [6.07, 6.45) is 0.904. The molecule has 0 aliphatic carbocycles. The van der Waals surface area contributed by atoms with E-state index in [1.807, 2.05) is 42.2 Å². The van der Waals surface area contributed by atoms with Crippen LogP contribution < -0.4 is 11.3 Å². The van der Waals surface area contributed by atoms with Crippen LogP contribution in [0.3, 0.4) is 0 Å². The first-order valence-corrected chi connectivity index (χ1v) is 6.14. The van der Waals surface area contributed by atoms with Gasteiger partial charge < -0.3 is 5.11 Å². The Bertz CT molecular complexity index is 351. The van der Waals surface area contributed by atoms with Crippen molar-refractivity contribution in [3.8, 4) is 0 Å². The molecule has 0 aromatic heterocycles. The average Bonchev–Trinajstić information content (AvgIpc) is 2.40. The standard InChI is InChI=1S/C13H21N3O2/c1-2-8-16(9-10-17)12(13(18)15-14)11-6-4-3-5-7-11/h3-7,12,17H,2,8-10,14H2,1H3,(H,15,18). The highest BCUT2D eigenvalue weighted by Crippen LogP contribution is 2.20. The van der Waals surface area contributed by atoms with Crippen molar-refractivity contribution in [2.75, 3.05) is 19.7 Å². The molecule has 0 bridgehead atoms. The first-order chi connectivity index (χ1) is 8.74. The fourth-order valence-corrected chi connectivity index (χ4v) is 2.03. The predicted octanol–water partition coefficient (Wildman–Crippen LogP) is 0.422. The highest BCUT2D eigenvalue weighted by Gasteiger charge is 2.26. The van der Waals surface area contributed by atoms with Gasteiger partial charge in [-0.25, -0.2) is 5.84 Å². The van der Waals surface area contributed by atoms with E-state index in [4.69, 9.17) is 10.9 Å². The molecular formula is C13H21N3O2. The first-order valence-electron chi connectivity index (χ1n) is 6.14. The molecule has 4 N–H and O–H groups in total. The van der Waals surface area contributed by atoms with E-state index in [0.717, 1.165) is 18.5 Å². The summed E-state index contributed by atoms with van der Waals surface area (Å²) in [5, 5.41) is 9.11. The van der Waals surface area contributed by atoms with Crippen LogP contribution in [-0.2, 0) is 4.79 Å². The largest absolute Gasteiger partial charge is 0.395 e. The second-order valence-electron chi connectivity index (χ2n) is 4.08. The number of nitrogens with two attached hydrogens (primary N) is 1. The second kappa shape index (κ2) is 7.81. The minimum Gasteiger partial charge on any atom is -0.395 e. The molecule has 0 saturated heterocycles. The third-order valence-corrected chi connectivity index (χ3v) is 2.77. The lowest BCUT2D eigenvalue weighted by Gasteiger charge is -2.29. The third-order valence-electron chi connectivity index (χ3n) is 2.77. The smallest absolute Gasteiger partial charge is 0.255 e. The van der Waals surface area contributed by atoms with E-state index in [1.54, 1.807) is 0 Å². The molecule has 18 heavy (non-hydrogen) atoms. The van der Waals surface area contributed by atoms with Gasteiger partial charge in [0.15, 0.2) is 0 Å². The number of aliphatic hydroxyl groups is 1. The van der Waals surface area contributed by atoms with Crippen LogP contribution in [0.1, 0.15) is 24.9 Å². The summed E-state index contributed by atoms with van der Waals surface area (Å²) >= 11 is 0. The maximum absolute atomic E-state index is 11.9. The quantitative estimate of drug-likeness (QED) is 0.373. The fraction of sp³-hybridized carbons (Fsp3) is 0.462. The van der Waals surface area contributed by atoms with Crippen LogP contribution in [-0.4, -0.2) is 35.6 Å². The van der Waals surface area contributed by atoms with Crippen molar-refractivity contribution < 1.29 is 9.90 Å². The first kappa shape index (κ1) is 14.6. The van der Waals surface area contributed by atoms with Gasteiger partial charge in [0.1, 0.15) is 6.04 Å². The predicted molar refractivity (Wildman–Crippen MR) is 70.5 cm³/mol. The van der Waals surface area contributed by atoms with Gasteiger partial charge in [0.05, 0.1) is 6.61 Å². The van der Waals surface area contributed by atoms with Gasteiger partial charge in [-0.05, 0) is 18.5 Å². The van der Waals surface area contributed by atoms with Crippen molar-refractivity contribution >= 4 is 5.91 Å². The summed E-state index contributed by atoms with van der Waals surface area (Å²) in [5.74, 6) is 4.99. The van der Waals surface area contributed by atoms with Crippen molar-refractivity contribution in [1.29, 1.82) is 0 Å². The van der Waals surface area contributed by atoms with Crippen LogP contribution in [0.25, 0.3) is 0 Å². The SMILES string of the molecule is CCCN(CCO)C(C(=O)NN)c1ccccc1. The highest BCUT2D eigenvalue weighted by molar-refractivity contribution is 5.82. The number of carbonyl (C=O) groups excluding carboxylic acids is 1. The number of hydrogen-bond donors (Lipinski definition) is 3. The summed E-state index contributed by atoms with van der Waals surface area (Å²) in [7, 11) is 0. The zero-order valence-electron chi connectivity index (χ0n) is 10.7. The van der Waals surface area contributed by atoms with Crippen molar-refractivity contribution in [2.45, 2.75) is 19.4 Å². The molecule has 0 aliphatic heterocycles. The second-order valence-corrected chi connectivity index (χ2v) is 4.08. The molecule has 5 nitrogen and oxygen atoms in total. The van der Waals surface area contributed by atoms with Crippen molar-refractivity contribution in [3.63, 3.8) is 0 Å². The fourth-order valence-electron chi connectivity index (χ4n) is 2.03. The molecule has 5 heteroatoms. The number of benzene rings is 1. The summed E-state index contributed by atoms with van der Waals surface area (Å²) in [5.41, 5.74) is 3.08. The van der Waals surface area contributed by atoms with E-state index in [0.29, 0.717) is 6.54 Å². The van der Waals surface area contributed by atoms with Crippen molar-refractivity contribution in [1.82, 2.24) is 10.3 Å². The third kappa shape index (κ3) is 3.80. The molecule has 1 rings (SSSR count). The maximum atomic E-state index is 11.9. The average molecular weight is 251 g/mol. The van der Waals surface area contributed by atoms with Gasteiger partial charge in [0.2, 0.25) is 0 Å². The summed E-state index contributed by atoms with van der Waals surface area (Å²) < 4.78 is 0. The molecule has 1 aromatic carbocycles. The van der Waals surface area contributed by atoms with Gasteiger partial charge in [-0.2, -0.15) is 0 Å². The van der Waals surface area contributed by atoms with E-state index in [1.165, 1.54) is 0 Å². The Morgan fingerprint density at radius 2 is 2.06 bits per heavy atom. The number of hydrogen-bond acceptors (Lipinski definition) is 4. The number of carbonyl (C=O) groups is 1. The Morgan fingerprint density at radius 3 is 2.56 bits per heavy atom. The Morgan fingerprint density at radius 1 is 1.39 bits per heavy atom. The van der Waals surface area contributed by atoms with Gasteiger partial charge in [0, 0.05) is 6.54 Å². The summed E-state index contributed by atoms with van der Waals surface area (Å²) in [6.45, 7) is 3.22. The topological polar surface area (TPSA) is 78.6 Å². The molecule has 1 aromatic rings. The summed E-state index contributed by atoms with van der Waals surface area (Å²) in [6, 6.07) is 8.99. The van der Waals surface area contributed by atoms with E-state index in [9.17, 15) is 4.79 Å². The maximum Gasteiger partial charge on any atom is 0.255 e. The molecule has 1 atom stereocenters. The normalized spacial score (nSPS) is 12.4. The highest BCUT2D eigenvalue weighted by atomic mass is 16.3. The Kier molecular flexibility index (Phi) is 6.35. The van der Waals surface area contributed by atoms with Crippen LogP contribution in [0.4, 0.5) is 0 Å². The number of aliphatic hydroxyl groups excluding tert-OH is 1. The van der Waals surface area contributed by atoms with Gasteiger partial charge in [0.25, 0.3) is 5.91 Å². The zero-order chi connectivity index (χ0) is 13.4. The van der Waals surface area contributed by atoms with Crippen LogP contribution in [0, 0.1) is 0 Å².